The maximum atomic E-state index is 12.8. The molecule has 0 bridgehead atoms. The van der Waals surface area contributed by atoms with Crippen molar-refractivity contribution in [2.75, 3.05) is 13.2 Å². The van der Waals surface area contributed by atoms with Crippen LogP contribution in [-0.4, -0.2) is 37.2 Å². The Hall–Kier alpha value is -3.15. The first kappa shape index (κ1) is 66.9. The third kappa shape index (κ3) is 55.8. The fourth-order valence-corrected chi connectivity index (χ4v) is 8.37. The second-order valence-electron chi connectivity index (χ2n) is 19.9. The molecule has 0 aliphatic heterocycles. The van der Waals surface area contributed by atoms with E-state index in [1.165, 1.54) is 173 Å². The van der Waals surface area contributed by atoms with E-state index in [0.717, 1.165) is 77.0 Å². The Morgan fingerprint density at radius 1 is 0.286 bits per heavy atom. The molecule has 1 atom stereocenters. The molecule has 0 aromatic heterocycles. The van der Waals surface area contributed by atoms with Crippen LogP contribution < -0.4 is 0 Å². The van der Waals surface area contributed by atoms with Gasteiger partial charge in [-0.2, -0.15) is 0 Å². The van der Waals surface area contributed by atoms with E-state index in [1.807, 2.05) is 0 Å². The zero-order valence-electron chi connectivity index (χ0n) is 46.3. The van der Waals surface area contributed by atoms with Gasteiger partial charge in [0.15, 0.2) is 6.10 Å². The summed E-state index contributed by atoms with van der Waals surface area (Å²) in [7, 11) is 0. The first-order valence-corrected chi connectivity index (χ1v) is 29.9. The van der Waals surface area contributed by atoms with Crippen molar-refractivity contribution in [2.45, 2.75) is 303 Å². The van der Waals surface area contributed by atoms with Crippen LogP contribution in [0.5, 0.6) is 0 Å². The number of unbranched alkanes of at least 4 members (excludes halogenated alkanes) is 31. The number of esters is 3. The number of allylic oxidation sites excluding steroid dienone is 12. The Bertz CT molecular complexity index is 1310. The quantitative estimate of drug-likeness (QED) is 0.0261. The van der Waals surface area contributed by atoms with Crippen molar-refractivity contribution in [3.8, 4) is 0 Å². The summed E-state index contributed by atoms with van der Waals surface area (Å²) in [6.07, 6.45) is 74.7. The van der Waals surface area contributed by atoms with Crippen molar-refractivity contribution in [3.05, 3.63) is 72.9 Å². The molecule has 0 radical (unpaired) electrons. The maximum absolute atomic E-state index is 12.8. The fourth-order valence-electron chi connectivity index (χ4n) is 8.37. The molecule has 0 N–H and O–H groups in total. The number of carbonyl (C=O) groups excluding carboxylic acids is 3. The highest BCUT2D eigenvalue weighted by Crippen LogP contribution is 2.15. The molecular formula is C64H112O6. The predicted octanol–water partition coefficient (Wildman–Crippen LogP) is 20.2. The van der Waals surface area contributed by atoms with Crippen molar-refractivity contribution >= 4 is 17.9 Å². The molecule has 0 spiro atoms. The van der Waals surface area contributed by atoms with Gasteiger partial charge in [-0.15, -0.1) is 0 Å². The molecule has 1 unspecified atom stereocenters. The van der Waals surface area contributed by atoms with Crippen molar-refractivity contribution < 1.29 is 28.6 Å². The second-order valence-corrected chi connectivity index (χ2v) is 19.9. The molecule has 404 valence electrons. The highest BCUT2D eigenvalue weighted by atomic mass is 16.6. The van der Waals surface area contributed by atoms with E-state index < -0.39 is 6.10 Å². The highest BCUT2D eigenvalue weighted by Gasteiger charge is 2.19. The van der Waals surface area contributed by atoms with Gasteiger partial charge in [0.2, 0.25) is 0 Å². The zero-order chi connectivity index (χ0) is 50.7. The lowest BCUT2D eigenvalue weighted by Crippen LogP contribution is -2.30. The van der Waals surface area contributed by atoms with Gasteiger partial charge in [-0.25, -0.2) is 0 Å². The van der Waals surface area contributed by atoms with E-state index in [2.05, 4.69) is 93.7 Å². The van der Waals surface area contributed by atoms with Gasteiger partial charge in [0.25, 0.3) is 0 Å². The van der Waals surface area contributed by atoms with Gasteiger partial charge >= 0.3 is 17.9 Å². The molecule has 0 saturated carbocycles. The Kier molecular flexibility index (Phi) is 55.8. The van der Waals surface area contributed by atoms with E-state index in [-0.39, 0.29) is 37.5 Å². The van der Waals surface area contributed by atoms with Crippen LogP contribution in [-0.2, 0) is 28.6 Å². The standard InChI is InChI=1S/C64H112O6/c1-4-7-10-13-16-19-22-25-28-31-34-36-39-42-45-48-51-54-57-63(66)69-60-61(70-64(67)58-55-52-49-46-43-40-37-33-30-27-24-21-18-15-12-9-6-3)59-68-62(65)56-53-50-47-44-41-38-35-32-29-26-23-20-17-14-11-8-5-2/h17,20,26-27,29-30,34,36-37,40,46,49,61H,4-16,18-19,21-25,28,31-33,35,38-39,41-45,47-48,50-60H2,1-3H3/b20-17-,29-26-,30-27-,36-34-,40-37-,49-46-. The first-order chi connectivity index (χ1) is 34.5. The van der Waals surface area contributed by atoms with Crippen LogP contribution in [0.15, 0.2) is 72.9 Å². The molecule has 0 heterocycles. The maximum Gasteiger partial charge on any atom is 0.306 e. The SMILES string of the molecule is CCCCC/C=C\C/C=C\CCCCCCCCCC(=O)OCC(COC(=O)CCCCCCC/C=C\CCCCCCCCCCC)OC(=O)CCC/C=C\C/C=C\C/C=C\CCCCCCCC. The third-order valence-corrected chi connectivity index (χ3v) is 12.9. The lowest BCUT2D eigenvalue weighted by molar-refractivity contribution is -0.167. The summed E-state index contributed by atoms with van der Waals surface area (Å²) in [6, 6.07) is 0. The minimum Gasteiger partial charge on any atom is -0.462 e. The smallest absolute Gasteiger partial charge is 0.306 e. The van der Waals surface area contributed by atoms with E-state index >= 15 is 0 Å². The van der Waals surface area contributed by atoms with Gasteiger partial charge in [-0.05, 0) is 109 Å². The van der Waals surface area contributed by atoms with Crippen molar-refractivity contribution in [2.24, 2.45) is 0 Å². The molecule has 6 nitrogen and oxygen atoms in total. The number of ether oxygens (including phenoxy) is 3. The van der Waals surface area contributed by atoms with E-state index in [4.69, 9.17) is 14.2 Å². The Balaban J connectivity index is 4.47. The van der Waals surface area contributed by atoms with E-state index in [1.54, 1.807) is 0 Å². The van der Waals surface area contributed by atoms with Gasteiger partial charge in [-0.3, -0.25) is 14.4 Å². The van der Waals surface area contributed by atoms with E-state index in [9.17, 15) is 14.4 Å². The van der Waals surface area contributed by atoms with Gasteiger partial charge in [0.05, 0.1) is 0 Å². The molecule has 0 aliphatic carbocycles. The Morgan fingerprint density at radius 3 is 0.886 bits per heavy atom. The van der Waals surface area contributed by atoms with Crippen LogP contribution in [0.25, 0.3) is 0 Å². The first-order valence-electron chi connectivity index (χ1n) is 29.9. The fraction of sp³-hybridized carbons (Fsp3) is 0.766. The van der Waals surface area contributed by atoms with Crippen LogP contribution in [0, 0.1) is 0 Å². The molecule has 0 aliphatic rings. The van der Waals surface area contributed by atoms with Crippen LogP contribution in [0.4, 0.5) is 0 Å². The average Bonchev–Trinajstić information content (AvgIpc) is 3.36. The summed E-state index contributed by atoms with van der Waals surface area (Å²) < 4.78 is 16.8. The molecule has 0 rings (SSSR count). The molecule has 0 aromatic rings. The Labute approximate surface area is 433 Å². The van der Waals surface area contributed by atoms with Crippen molar-refractivity contribution in [1.82, 2.24) is 0 Å². The monoisotopic (exact) mass is 977 g/mol. The molecular weight excluding hydrogens is 865 g/mol. The van der Waals surface area contributed by atoms with Crippen LogP contribution in [0.2, 0.25) is 0 Å². The van der Waals surface area contributed by atoms with Crippen molar-refractivity contribution in [1.29, 1.82) is 0 Å². The lowest BCUT2D eigenvalue weighted by atomic mass is 10.1. The predicted molar refractivity (Wildman–Crippen MR) is 302 cm³/mol. The van der Waals surface area contributed by atoms with Crippen LogP contribution in [0.3, 0.4) is 0 Å². The highest BCUT2D eigenvalue weighted by molar-refractivity contribution is 5.71. The zero-order valence-corrected chi connectivity index (χ0v) is 46.3. The van der Waals surface area contributed by atoms with E-state index in [0.29, 0.717) is 19.3 Å². The minimum atomic E-state index is -0.809. The van der Waals surface area contributed by atoms with Crippen LogP contribution in [0.1, 0.15) is 297 Å². The summed E-state index contributed by atoms with van der Waals surface area (Å²) in [6.45, 7) is 6.58. The summed E-state index contributed by atoms with van der Waals surface area (Å²) >= 11 is 0. The number of rotatable bonds is 54. The third-order valence-electron chi connectivity index (χ3n) is 12.9. The molecule has 0 aromatic carbocycles. The van der Waals surface area contributed by atoms with Gasteiger partial charge in [0, 0.05) is 19.3 Å². The van der Waals surface area contributed by atoms with Gasteiger partial charge in [-0.1, -0.05) is 241 Å². The summed E-state index contributed by atoms with van der Waals surface area (Å²) in [5.41, 5.74) is 0. The normalized spacial score (nSPS) is 12.6. The second kappa shape index (κ2) is 58.4. The number of carbonyl (C=O) groups is 3. The van der Waals surface area contributed by atoms with Crippen molar-refractivity contribution in [3.63, 3.8) is 0 Å². The topological polar surface area (TPSA) is 78.9 Å². The molecule has 0 saturated heterocycles. The van der Waals surface area contributed by atoms with Crippen LogP contribution >= 0.6 is 0 Å². The largest absolute Gasteiger partial charge is 0.462 e. The molecule has 70 heavy (non-hydrogen) atoms. The molecule has 0 amide bonds. The van der Waals surface area contributed by atoms with Gasteiger partial charge < -0.3 is 14.2 Å². The minimum absolute atomic E-state index is 0.102. The lowest BCUT2D eigenvalue weighted by Gasteiger charge is -2.18. The molecule has 6 heteroatoms. The Morgan fingerprint density at radius 2 is 0.529 bits per heavy atom. The average molecular weight is 978 g/mol. The molecule has 0 fully saturated rings. The summed E-state index contributed by atoms with van der Waals surface area (Å²) in [5, 5.41) is 0. The summed E-state index contributed by atoms with van der Waals surface area (Å²) in [5.74, 6) is -0.960. The summed E-state index contributed by atoms with van der Waals surface area (Å²) in [4.78, 5) is 38.2. The number of hydrogen-bond acceptors (Lipinski definition) is 6. The van der Waals surface area contributed by atoms with Gasteiger partial charge in [0.1, 0.15) is 13.2 Å². The number of hydrogen-bond donors (Lipinski definition) is 0.